The van der Waals surface area contributed by atoms with E-state index in [2.05, 4.69) is 10.2 Å². The van der Waals surface area contributed by atoms with E-state index in [0.717, 1.165) is 32.0 Å². The molecule has 0 aromatic heterocycles. The number of rotatable bonds is 2. The fourth-order valence-electron chi connectivity index (χ4n) is 4.40. The number of amides is 1. The summed E-state index contributed by atoms with van der Waals surface area (Å²) < 4.78 is 0. The van der Waals surface area contributed by atoms with Crippen LogP contribution in [0.4, 0.5) is 0 Å². The van der Waals surface area contributed by atoms with Crippen molar-refractivity contribution in [2.24, 2.45) is 11.8 Å². The van der Waals surface area contributed by atoms with Crippen molar-refractivity contribution in [1.82, 2.24) is 10.2 Å². The maximum Gasteiger partial charge on any atom is 0.223 e. The van der Waals surface area contributed by atoms with E-state index >= 15 is 0 Å². The molecule has 3 nitrogen and oxygen atoms in total. The second-order valence-corrected chi connectivity index (χ2v) is 6.76. The lowest BCUT2D eigenvalue weighted by molar-refractivity contribution is -0.138. The van der Waals surface area contributed by atoms with Gasteiger partial charge in [-0.05, 0) is 63.5 Å². The second-order valence-electron chi connectivity index (χ2n) is 6.76. The van der Waals surface area contributed by atoms with Crippen LogP contribution < -0.4 is 5.32 Å². The topological polar surface area (TPSA) is 32.3 Å². The molecule has 1 saturated carbocycles. The normalized spacial score (nSPS) is 35.8. The van der Waals surface area contributed by atoms with Gasteiger partial charge in [-0.2, -0.15) is 0 Å². The molecule has 3 unspecified atom stereocenters. The maximum absolute atomic E-state index is 12.6. The van der Waals surface area contributed by atoms with E-state index in [-0.39, 0.29) is 0 Å². The molecule has 108 valence electrons. The van der Waals surface area contributed by atoms with E-state index < -0.39 is 0 Å². The highest BCUT2D eigenvalue weighted by atomic mass is 16.2. The van der Waals surface area contributed by atoms with E-state index in [9.17, 15) is 4.79 Å². The second kappa shape index (κ2) is 6.25. The standard InChI is InChI=1S/C16H28N2O/c19-16(11-13-5-3-9-17-12-13)18-10-4-7-14-6-1-2-8-15(14)18/h13-15,17H,1-12H2. The van der Waals surface area contributed by atoms with Crippen molar-refractivity contribution in [3.63, 3.8) is 0 Å². The molecule has 0 aromatic rings. The molecule has 0 spiro atoms. The van der Waals surface area contributed by atoms with Gasteiger partial charge in [0.15, 0.2) is 0 Å². The third-order valence-electron chi connectivity index (χ3n) is 5.43. The summed E-state index contributed by atoms with van der Waals surface area (Å²) in [6.45, 7) is 3.22. The van der Waals surface area contributed by atoms with E-state index in [1.54, 1.807) is 0 Å². The lowest BCUT2D eigenvalue weighted by atomic mass is 9.78. The summed E-state index contributed by atoms with van der Waals surface area (Å²) in [5.41, 5.74) is 0. The van der Waals surface area contributed by atoms with E-state index in [4.69, 9.17) is 0 Å². The number of nitrogens with zero attached hydrogens (tertiary/aromatic N) is 1. The summed E-state index contributed by atoms with van der Waals surface area (Å²) in [4.78, 5) is 14.9. The highest BCUT2D eigenvalue weighted by Crippen LogP contribution is 2.35. The van der Waals surface area contributed by atoms with Gasteiger partial charge in [0.25, 0.3) is 0 Å². The SMILES string of the molecule is O=C(CC1CCCNC1)N1CCCC2CCCCC21. The molecular weight excluding hydrogens is 236 g/mol. The molecule has 3 rings (SSSR count). The van der Waals surface area contributed by atoms with Gasteiger partial charge in [-0.1, -0.05) is 12.8 Å². The number of carbonyl (C=O) groups excluding carboxylic acids is 1. The zero-order valence-corrected chi connectivity index (χ0v) is 12.1. The van der Waals surface area contributed by atoms with Gasteiger partial charge < -0.3 is 10.2 Å². The van der Waals surface area contributed by atoms with Crippen LogP contribution in [-0.4, -0.2) is 36.5 Å². The first-order valence-electron chi connectivity index (χ1n) is 8.35. The first-order chi connectivity index (χ1) is 9.34. The van der Waals surface area contributed by atoms with Crippen molar-refractivity contribution in [3.05, 3.63) is 0 Å². The molecule has 3 heteroatoms. The highest BCUT2D eigenvalue weighted by molar-refractivity contribution is 5.77. The van der Waals surface area contributed by atoms with Crippen molar-refractivity contribution in [1.29, 1.82) is 0 Å². The van der Waals surface area contributed by atoms with Crippen LogP contribution in [0.1, 0.15) is 57.8 Å². The maximum atomic E-state index is 12.6. The molecule has 0 bridgehead atoms. The van der Waals surface area contributed by atoms with Crippen LogP contribution in [0.25, 0.3) is 0 Å². The Morgan fingerprint density at radius 1 is 1.05 bits per heavy atom. The van der Waals surface area contributed by atoms with Gasteiger partial charge in [-0.15, -0.1) is 0 Å². The largest absolute Gasteiger partial charge is 0.339 e. The van der Waals surface area contributed by atoms with Crippen LogP contribution in [0.3, 0.4) is 0 Å². The van der Waals surface area contributed by atoms with Crippen molar-refractivity contribution in [3.8, 4) is 0 Å². The summed E-state index contributed by atoms with van der Waals surface area (Å²) in [5, 5.41) is 3.43. The van der Waals surface area contributed by atoms with Gasteiger partial charge in [0, 0.05) is 19.0 Å². The number of piperidine rings is 2. The molecule has 0 radical (unpaired) electrons. The first-order valence-corrected chi connectivity index (χ1v) is 8.35. The van der Waals surface area contributed by atoms with Crippen molar-refractivity contribution in [2.75, 3.05) is 19.6 Å². The van der Waals surface area contributed by atoms with Crippen LogP contribution in [0.15, 0.2) is 0 Å². The fraction of sp³-hybridized carbons (Fsp3) is 0.938. The van der Waals surface area contributed by atoms with Crippen molar-refractivity contribution < 1.29 is 4.79 Å². The summed E-state index contributed by atoms with van der Waals surface area (Å²) >= 11 is 0. The minimum atomic E-state index is 0.449. The van der Waals surface area contributed by atoms with Crippen LogP contribution in [0.2, 0.25) is 0 Å². The van der Waals surface area contributed by atoms with E-state index in [1.807, 2.05) is 0 Å². The van der Waals surface area contributed by atoms with Gasteiger partial charge in [0.2, 0.25) is 5.91 Å². The van der Waals surface area contributed by atoms with Gasteiger partial charge in [0.05, 0.1) is 0 Å². The average molecular weight is 264 g/mol. The van der Waals surface area contributed by atoms with Gasteiger partial charge in [0.1, 0.15) is 0 Å². The molecular formula is C16H28N2O. The fourth-order valence-corrected chi connectivity index (χ4v) is 4.40. The van der Waals surface area contributed by atoms with Gasteiger partial charge in [-0.3, -0.25) is 4.79 Å². The molecule has 3 atom stereocenters. The average Bonchev–Trinajstić information content (AvgIpc) is 2.47. The minimum Gasteiger partial charge on any atom is -0.339 e. The Morgan fingerprint density at radius 2 is 1.89 bits per heavy atom. The van der Waals surface area contributed by atoms with Crippen LogP contribution in [0, 0.1) is 11.8 Å². The number of hydrogen-bond donors (Lipinski definition) is 1. The van der Waals surface area contributed by atoms with Gasteiger partial charge >= 0.3 is 0 Å². The number of nitrogens with one attached hydrogen (secondary N) is 1. The first kappa shape index (κ1) is 13.4. The highest BCUT2D eigenvalue weighted by Gasteiger charge is 2.36. The summed E-state index contributed by atoms with van der Waals surface area (Å²) in [6, 6.07) is 0.589. The Labute approximate surface area is 117 Å². The molecule has 2 saturated heterocycles. The predicted molar refractivity (Wildman–Crippen MR) is 76.9 cm³/mol. The quantitative estimate of drug-likeness (QED) is 0.831. The third-order valence-corrected chi connectivity index (χ3v) is 5.43. The van der Waals surface area contributed by atoms with Crippen LogP contribution in [-0.2, 0) is 4.79 Å². The number of likely N-dealkylation sites (tertiary alicyclic amines) is 1. The number of hydrogen-bond acceptors (Lipinski definition) is 2. The lowest BCUT2D eigenvalue weighted by Gasteiger charge is -2.44. The number of fused-ring (bicyclic) bond motifs is 1. The Hall–Kier alpha value is -0.570. The summed E-state index contributed by atoms with van der Waals surface area (Å²) in [6.07, 6.45) is 11.2. The molecule has 0 aromatic carbocycles. The Balaban J connectivity index is 1.58. The van der Waals surface area contributed by atoms with Crippen molar-refractivity contribution >= 4 is 5.91 Å². The Morgan fingerprint density at radius 3 is 2.74 bits per heavy atom. The Bertz CT molecular complexity index is 310. The monoisotopic (exact) mass is 264 g/mol. The zero-order chi connectivity index (χ0) is 13.1. The zero-order valence-electron chi connectivity index (χ0n) is 12.1. The molecule has 1 N–H and O–H groups in total. The minimum absolute atomic E-state index is 0.449. The molecule has 2 heterocycles. The molecule has 3 aliphatic rings. The predicted octanol–water partition coefficient (Wildman–Crippen LogP) is 2.56. The molecule has 1 amide bonds. The van der Waals surface area contributed by atoms with Gasteiger partial charge in [-0.25, -0.2) is 0 Å². The smallest absolute Gasteiger partial charge is 0.223 e. The third kappa shape index (κ3) is 3.13. The van der Waals surface area contributed by atoms with E-state index in [1.165, 1.54) is 51.4 Å². The lowest BCUT2D eigenvalue weighted by Crippen LogP contribution is -2.50. The molecule has 19 heavy (non-hydrogen) atoms. The summed E-state index contributed by atoms with van der Waals surface area (Å²) in [5.74, 6) is 1.85. The Kier molecular flexibility index (Phi) is 4.42. The van der Waals surface area contributed by atoms with Crippen LogP contribution >= 0.6 is 0 Å². The van der Waals surface area contributed by atoms with Crippen molar-refractivity contribution in [2.45, 2.75) is 63.8 Å². The summed E-state index contributed by atoms with van der Waals surface area (Å²) in [7, 11) is 0. The van der Waals surface area contributed by atoms with E-state index in [0.29, 0.717) is 17.9 Å². The molecule has 3 fully saturated rings. The molecule has 1 aliphatic carbocycles. The number of carbonyl (C=O) groups is 1. The van der Waals surface area contributed by atoms with Crippen LogP contribution in [0.5, 0.6) is 0 Å². The molecule has 2 aliphatic heterocycles.